The van der Waals surface area contributed by atoms with Crippen molar-refractivity contribution >= 4 is 35.6 Å². The number of aliphatic hydroxyl groups is 3. The molecule has 1 saturated carbocycles. The van der Waals surface area contributed by atoms with Crippen molar-refractivity contribution in [3.63, 3.8) is 0 Å². The lowest BCUT2D eigenvalue weighted by atomic mass is 9.56. The molecule has 4 N–H and O–H groups in total. The highest BCUT2D eigenvalue weighted by molar-refractivity contribution is 5.95. The fourth-order valence-corrected chi connectivity index (χ4v) is 8.26. The summed E-state index contributed by atoms with van der Waals surface area (Å²) in [6.07, 6.45) is -7.33. The van der Waals surface area contributed by atoms with Crippen LogP contribution in [0, 0.1) is 23.2 Å². The number of benzene rings is 2. The number of ketones is 1. The molecule has 1 heterocycles. The van der Waals surface area contributed by atoms with Crippen LogP contribution < -0.4 is 5.32 Å². The molecule has 0 radical (unpaired) electrons. The van der Waals surface area contributed by atoms with Crippen molar-refractivity contribution in [1.82, 2.24) is 5.32 Å². The van der Waals surface area contributed by atoms with Gasteiger partial charge >= 0.3 is 23.9 Å². The Balaban J connectivity index is 0.00000241. The quantitative estimate of drug-likeness (QED) is 0.110. The number of hydrogen-bond donors (Lipinski definition) is 4. The SMILES string of the molecule is C/C=C(\C)C(=O)NC(c1ccccc1)[C@@H](O)C(=O)O[C@H]1CC2[C@@H](OC(=O)c3ccccc3)[C@@H]3COC(OC(C)=O)CC(O)C3(C)C(=O)C(OC(C)=O)C(=C1C)[C@@H]2C.CC.CO. The van der Waals surface area contributed by atoms with Crippen molar-refractivity contribution < 1.29 is 67.8 Å². The third-order valence-corrected chi connectivity index (χ3v) is 11.7. The van der Waals surface area contributed by atoms with Crippen molar-refractivity contribution in [3.8, 4) is 0 Å². The van der Waals surface area contributed by atoms with Crippen LogP contribution >= 0.6 is 0 Å². The third-order valence-electron chi connectivity index (χ3n) is 11.7. The molecule has 15 heteroatoms. The summed E-state index contributed by atoms with van der Waals surface area (Å²) in [6, 6.07) is 15.4. The number of rotatable bonds is 10. The van der Waals surface area contributed by atoms with Crippen LogP contribution in [0.3, 0.4) is 0 Å². The maximum atomic E-state index is 15.1. The van der Waals surface area contributed by atoms with Gasteiger partial charge in [-0.05, 0) is 68.9 Å². The van der Waals surface area contributed by atoms with E-state index in [9.17, 15) is 34.2 Å². The Bertz CT molecular complexity index is 1910. The van der Waals surface area contributed by atoms with E-state index < -0.39 is 102 Å². The van der Waals surface area contributed by atoms with Crippen molar-refractivity contribution in [2.45, 2.75) is 118 Å². The molecule has 334 valence electrons. The molecule has 2 aliphatic carbocycles. The van der Waals surface area contributed by atoms with Gasteiger partial charge in [0.2, 0.25) is 12.2 Å². The van der Waals surface area contributed by atoms with Gasteiger partial charge in [-0.3, -0.25) is 19.2 Å². The first-order valence-corrected chi connectivity index (χ1v) is 20.5. The number of carbonyl (C=O) groups excluding carboxylic acids is 6. The van der Waals surface area contributed by atoms with E-state index in [4.69, 9.17) is 28.8 Å². The minimum atomic E-state index is -1.90. The summed E-state index contributed by atoms with van der Waals surface area (Å²) in [4.78, 5) is 80.7. The second-order valence-electron chi connectivity index (χ2n) is 15.1. The maximum Gasteiger partial charge on any atom is 0.338 e. The van der Waals surface area contributed by atoms with Crippen molar-refractivity contribution in [1.29, 1.82) is 0 Å². The molecule has 2 fully saturated rings. The Morgan fingerprint density at radius 1 is 0.885 bits per heavy atom. The fourth-order valence-electron chi connectivity index (χ4n) is 8.26. The molecule has 2 bridgehead atoms. The second-order valence-corrected chi connectivity index (χ2v) is 15.1. The molecule has 2 aromatic carbocycles. The van der Waals surface area contributed by atoms with Crippen LogP contribution in [-0.2, 0) is 47.7 Å². The van der Waals surface area contributed by atoms with E-state index in [1.807, 2.05) is 13.8 Å². The molecule has 2 aromatic rings. The zero-order chi connectivity index (χ0) is 45.8. The van der Waals surface area contributed by atoms with Gasteiger partial charge in [-0.15, -0.1) is 0 Å². The standard InChI is InChI=1S/C43H51NO13.C2H6.CH4O/c1-8-22(2)40(50)44-35(27-15-11-9-12-16-27)36(48)42(52)56-31-19-29-23(3)34(24(31)4)38(55-26(6)46)39(49)43(7)30(21-53-33(20-32(43)47)54-25(5)45)37(29)57-41(51)28-17-13-10-14-18-28;2*1-2/h8-18,23,29-33,35-38,47-48H,19-21H2,1-7H3,(H,44,50);1-2H3;2H,1H3/b22-8+;;/t23-,29?,30+,31+,32?,33?,35?,36-,37-,38?,43?;;/m1../s1. The monoisotopic (exact) mass is 851 g/mol. The van der Waals surface area contributed by atoms with Crippen LogP contribution in [0.4, 0.5) is 0 Å². The lowest BCUT2D eigenvalue weighted by Gasteiger charge is -2.51. The fraction of sp³-hybridized carbons (Fsp3) is 0.522. The van der Waals surface area contributed by atoms with Crippen molar-refractivity contribution in [2.24, 2.45) is 23.2 Å². The average Bonchev–Trinajstić information content (AvgIpc) is 3.37. The molecule has 0 aromatic heterocycles. The maximum absolute atomic E-state index is 15.1. The topological polar surface area (TPSA) is 221 Å². The smallest absolute Gasteiger partial charge is 0.338 e. The number of allylic oxidation sites excluding steroid dienone is 1. The lowest BCUT2D eigenvalue weighted by molar-refractivity contribution is -0.182. The Morgan fingerprint density at radius 3 is 2.02 bits per heavy atom. The van der Waals surface area contributed by atoms with E-state index in [1.165, 1.54) is 13.8 Å². The summed E-state index contributed by atoms with van der Waals surface area (Å²) in [5.41, 5.74) is -0.159. The summed E-state index contributed by atoms with van der Waals surface area (Å²) in [5.74, 6) is -7.04. The number of fused-ring (bicyclic) bond motifs is 3. The third kappa shape index (κ3) is 11.4. The minimum Gasteiger partial charge on any atom is -0.458 e. The van der Waals surface area contributed by atoms with Crippen LogP contribution in [0.15, 0.2) is 83.5 Å². The number of carbonyl (C=O) groups is 6. The average molecular weight is 852 g/mol. The Hall–Kier alpha value is -5.22. The van der Waals surface area contributed by atoms with E-state index in [0.29, 0.717) is 16.7 Å². The molecule has 3 aliphatic rings. The first-order valence-electron chi connectivity index (χ1n) is 20.5. The highest BCUT2D eigenvalue weighted by Crippen LogP contribution is 2.53. The number of ether oxygens (including phenoxy) is 5. The first kappa shape index (κ1) is 50.1. The number of hydrogen-bond acceptors (Lipinski definition) is 14. The minimum absolute atomic E-state index is 0.00122. The molecule has 5 rings (SSSR count). The molecule has 6 unspecified atom stereocenters. The summed E-state index contributed by atoms with van der Waals surface area (Å²) < 4.78 is 29.5. The molecule has 1 saturated heterocycles. The van der Waals surface area contributed by atoms with Gasteiger partial charge in [0, 0.05) is 44.8 Å². The Labute approximate surface area is 357 Å². The lowest BCUT2D eigenvalue weighted by Crippen LogP contribution is -2.61. The van der Waals surface area contributed by atoms with Crippen molar-refractivity contribution in [2.75, 3.05) is 13.7 Å². The predicted molar refractivity (Wildman–Crippen MR) is 222 cm³/mol. The highest BCUT2D eigenvalue weighted by atomic mass is 16.7. The summed E-state index contributed by atoms with van der Waals surface area (Å²) in [6.45, 7) is 14.2. The van der Waals surface area contributed by atoms with E-state index in [-0.39, 0.29) is 30.6 Å². The number of aliphatic hydroxyl groups excluding tert-OH is 3. The van der Waals surface area contributed by atoms with E-state index in [1.54, 1.807) is 94.4 Å². The van der Waals surface area contributed by atoms with E-state index in [2.05, 4.69) is 5.32 Å². The molecule has 11 atom stereocenters. The molecular weight excluding hydrogens is 790 g/mol. The number of esters is 4. The van der Waals surface area contributed by atoms with E-state index >= 15 is 4.79 Å². The van der Waals surface area contributed by atoms with Crippen LogP contribution in [0.2, 0.25) is 0 Å². The second kappa shape index (κ2) is 22.6. The molecular formula is C46H61NO14. The molecule has 1 amide bonds. The zero-order valence-corrected chi connectivity index (χ0v) is 36.6. The summed E-state index contributed by atoms with van der Waals surface area (Å²) in [5, 5.41) is 33.2. The van der Waals surface area contributed by atoms with Crippen LogP contribution in [-0.4, -0.2) is 101 Å². The van der Waals surface area contributed by atoms with Gasteiger partial charge in [0.15, 0.2) is 18.0 Å². The molecule has 15 nitrogen and oxygen atoms in total. The van der Waals surface area contributed by atoms with Gasteiger partial charge in [0.1, 0.15) is 12.2 Å². The molecule has 1 aliphatic heterocycles. The van der Waals surface area contributed by atoms with Crippen molar-refractivity contribution in [3.05, 3.63) is 94.6 Å². The number of amides is 1. The Kier molecular flexibility index (Phi) is 18.6. The highest BCUT2D eigenvalue weighted by Gasteiger charge is 2.62. The summed E-state index contributed by atoms with van der Waals surface area (Å²) in [7, 11) is 1.00. The Morgan fingerprint density at radius 2 is 1.46 bits per heavy atom. The van der Waals surface area contributed by atoms with Crippen LogP contribution in [0.1, 0.15) is 97.1 Å². The van der Waals surface area contributed by atoms with Gasteiger partial charge < -0.3 is 44.3 Å². The molecule has 61 heavy (non-hydrogen) atoms. The zero-order valence-electron chi connectivity index (χ0n) is 36.6. The number of Topliss-reactive ketones (excluding diaryl/α,β-unsaturated/α-hetero) is 1. The first-order chi connectivity index (χ1) is 29.0. The van der Waals surface area contributed by atoms with Gasteiger partial charge in [-0.25, -0.2) is 9.59 Å². The van der Waals surface area contributed by atoms with Crippen LogP contribution in [0.5, 0.6) is 0 Å². The predicted octanol–water partition coefficient (Wildman–Crippen LogP) is 4.72. The van der Waals surface area contributed by atoms with Crippen LogP contribution in [0.25, 0.3) is 0 Å². The van der Waals surface area contributed by atoms with E-state index in [0.717, 1.165) is 14.0 Å². The normalized spacial score (nSPS) is 28.1. The molecule has 0 spiro atoms. The van der Waals surface area contributed by atoms with Gasteiger partial charge in [0.25, 0.3) is 0 Å². The van der Waals surface area contributed by atoms with Gasteiger partial charge in [-0.2, -0.15) is 0 Å². The summed E-state index contributed by atoms with van der Waals surface area (Å²) >= 11 is 0. The van der Waals surface area contributed by atoms with Gasteiger partial charge in [-0.1, -0.05) is 75.4 Å². The largest absolute Gasteiger partial charge is 0.458 e. The van der Waals surface area contributed by atoms with Gasteiger partial charge in [0.05, 0.1) is 29.7 Å². The number of nitrogens with one attached hydrogen (secondary N) is 1.